The fraction of sp³-hybridized carbons (Fsp3) is 0.571. The number of aromatic nitrogens is 2. The van der Waals surface area contributed by atoms with Crippen molar-refractivity contribution in [2.45, 2.75) is 63.4 Å². The Morgan fingerprint density at radius 1 is 1.06 bits per heavy atom. The van der Waals surface area contributed by atoms with Crippen molar-refractivity contribution in [3.8, 4) is 0 Å². The van der Waals surface area contributed by atoms with Crippen molar-refractivity contribution in [1.29, 1.82) is 0 Å². The van der Waals surface area contributed by atoms with Gasteiger partial charge in [-0.2, -0.15) is 0 Å². The number of amides is 1. The number of aryl methyl sites for hydroxylation is 1. The van der Waals surface area contributed by atoms with Crippen LogP contribution in [0.2, 0.25) is 0 Å². The summed E-state index contributed by atoms with van der Waals surface area (Å²) in [6.45, 7) is 6.02. The molecular formula is C21H30N4O5S. The maximum absolute atomic E-state index is 13.1. The number of carbonyl (C=O) groups excluding carboxylic acids is 1. The van der Waals surface area contributed by atoms with E-state index in [0.717, 1.165) is 30.3 Å². The summed E-state index contributed by atoms with van der Waals surface area (Å²) in [5.74, 6) is -0.279. The molecule has 0 spiro atoms. The van der Waals surface area contributed by atoms with Crippen molar-refractivity contribution in [2.75, 3.05) is 13.1 Å². The molecule has 0 saturated carbocycles. The topological polar surface area (TPSA) is 110 Å². The summed E-state index contributed by atoms with van der Waals surface area (Å²) in [5.41, 5.74) is -1.67. The van der Waals surface area contributed by atoms with Crippen LogP contribution in [0.1, 0.15) is 46.5 Å². The lowest BCUT2D eigenvalue weighted by atomic mass is 10.1. The van der Waals surface area contributed by atoms with E-state index in [2.05, 4.69) is 4.72 Å². The predicted octanol–water partition coefficient (Wildman–Crippen LogP) is 1.18. The number of hydrogen-bond acceptors (Lipinski definition) is 5. The van der Waals surface area contributed by atoms with Gasteiger partial charge in [0.25, 0.3) is 5.56 Å². The van der Waals surface area contributed by atoms with E-state index in [1.807, 2.05) is 0 Å². The molecule has 1 aliphatic rings. The molecule has 1 aliphatic heterocycles. The molecule has 0 aliphatic carbocycles. The number of carbonyl (C=O) groups is 1. The van der Waals surface area contributed by atoms with Gasteiger partial charge >= 0.3 is 5.69 Å². The van der Waals surface area contributed by atoms with Gasteiger partial charge in [-0.15, -0.1) is 0 Å². The van der Waals surface area contributed by atoms with Gasteiger partial charge in [-0.05, 0) is 51.8 Å². The van der Waals surface area contributed by atoms with Crippen molar-refractivity contribution in [1.82, 2.24) is 18.8 Å². The first-order chi connectivity index (χ1) is 14.4. The van der Waals surface area contributed by atoms with Crippen LogP contribution in [0.5, 0.6) is 0 Å². The molecular weight excluding hydrogens is 420 g/mol. The van der Waals surface area contributed by atoms with E-state index in [4.69, 9.17) is 0 Å². The van der Waals surface area contributed by atoms with Gasteiger partial charge in [-0.25, -0.2) is 17.9 Å². The zero-order chi connectivity index (χ0) is 23.0. The number of fused-ring (bicyclic) bond motifs is 1. The van der Waals surface area contributed by atoms with Gasteiger partial charge in [-0.3, -0.25) is 18.7 Å². The predicted molar refractivity (Wildman–Crippen MR) is 119 cm³/mol. The number of likely N-dealkylation sites (tertiary alicyclic amines) is 1. The normalized spacial score (nSPS) is 15.8. The highest BCUT2D eigenvalue weighted by atomic mass is 32.2. The van der Waals surface area contributed by atoms with Gasteiger partial charge in [0.2, 0.25) is 15.9 Å². The second kappa shape index (κ2) is 8.58. The molecule has 0 radical (unpaired) electrons. The molecule has 1 saturated heterocycles. The number of hydrogen-bond donors (Lipinski definition) is 1. The molecule has 0 unspecified atom stereocenters. The van der Waals surface area contributed by atoms with Crippen LogP contribution >= 0.6 is 0 Å². The summed E-state index contributed by atoms with van der Waals surface area (Å²) in [7, 11) is -2.37. The third kappa shape index (κ3) is 5.07. The molecule has 2 heterocycles. The summed E-state index contributed by atoms with van der Waals surface area (Å²) in [6.07, 6.45) is 3.92. The van der Waals surface area contributed by atoms with Crippen LogP contribution in [-0.4, -0.2) is 47.0 Å². The summed E-state index contributed by atoms with van der Waals surface area (Å²) < 4.78 is 30.1. The van der Waals surface area contributed by atoms with Gasteiger partial charge < -0.3 is 4.90 Å². The average molecular weight is 451 g/mol. The Morgan fingerprint density at radius 3 is 2.26 bits per heavy atom. The lowest BCUT2D eigenvalue weighted by molar-refractivity contribution is -0.131. The Labute approximate surface area is 181 Å². The first kappa shape index (κ1) is 23.2. The highest BCUT2D eigenvalue weighted by Gasteiger charge is 2.24. The Kier molecular flexibility index (Phi) is 6.43. The highest BCUT2D eigenvalue weighted by Crippen LogP contribution is 2.17. The number of benzene rings is 1. The molecule has 3 rings (SSSR count). The first-order valence-electron chi connectivity index (χ1n) is 10.5. The summed E-state index contributed by atoms with van der Waals surface area (Å²) in [6, 6.07) is 4.07. The van der Waals surface area contributed by atoms with Crippen molar-refractivity contribution >= 4 is 26.8 Å². The summed E-state index contributed by atoms with van der Waals surface area (Å²) >= 11 is 0. The van der Waals surface area contributed by atoms with Crippen molar-refractivity contribution in [3.05, 3.63) is 39.0 Å². The fourth-order valence-electron chi connectivity index (χ4n) is 3.82. The monoisotopic (exact) mass is 450 g/mol. The number of nitrogens with zero attached hydrogens (tertiary/aromatic N) is 3. The maximum Gasteiger partial charge on any atom is 0.331 e. The molecule has 31 heavy (non-hydrogen) atoms. The van der Waals surface area contributed by atoms with E-state index in [9.17, 15) is 22.8 Å². The highest BCUT2D eigenvalue weighted by molar-refractivity contribution is 7.89. The first-order valence-corrected chi connectivity index (χ1v) is 11.9. The Balaban J connectivity index is 2.06. The fourth-order valence-corrected chi connectivity index (χ4v) is 5.26. The van der Waals surface area contributed by atoms with Gasteiger partial charge in [0.15, 0.2) is 0 Å². The molecule has 10 heteroatoms. The molecule has 1 N–H and O–H groups in total. The molecule has 170 valence electrons. The van der Waals surface area contributed by atoms with E-state index >= 15 is 0 Å². The van der Waals surface area contributed by atoms with E-state index in [-0.39, 0.29) is 22.7 Å². The van der Waals surface area contributed by atoms with Crippen LogP contribution in [0.25, 0.3) is 10.9 Å². The van der Waals surface area contributed by atoms with Crippen LogP contribution in [0.15, 0.2) is 32.7 Å². The van der Waals surface area contributed by atoms with Gasteiger partial charge in [0, 0.05) is 25.7 Å². The Bertz CT molecular complexity index is 1210. The summed E-state index contributed by atoms with van der Waals surface area (Å²) in [4.78, 5) is 40.3. The molecule has 9 nitrogen and oxygen atoms in total. The summed E-state index contributed by atoms with van der Waals surface area (Å²) in [5, 5.41) is 0.0718. The second-order valence-corrected chi connectivity index (χ2v) is 10.7. The van der Waals surface area contributed by atoms with Crippen molar-refractivity contribution in [2.24, 2.45) is 7.05 Å². The van der Waals surface area contributed by atoms with Gasteiger partial charge in [-0.1, -0.05) is 12.8 Å². The van der Waals surface area contributed by atoms with E-state index in [0.29, 0.717) is 18.6 Å². The lowest BCUT2D eigenvalue weighted by Crippen LogP contribution is -2.44. The molecule has 2 aromatic rings. The zero-order valence-corrected chi connectivity index (χ0v) is 19.3. The van der Waals surface area contributed by atoms with E-state index < -0.39 is 26.8 Å². The molecule has 1 aromatic heterocycles. The average Bonchev–Trinajstić information content (AvgIpc) is 2.97. The van der Waals surface area contributed by atoms with Crippen molar-refractivity contribution < 1.29 is 13.2 Å². The minimum absolute atomic E-state index is 0.0718. The largest absolute Gasteiger partial charge is 0.341 e. The van der Waals surface area contributed by atoms with Gasteiger partial charge in [0.1, 0.15) is 6.54 Å². The zero-order valence-electron chi connectivity index (χ0n) is 18.5. The smallest absolute Gasteiger partial charge is 0.331 e. The van der Waals surface area contributed by atoms with Gasteiger partial charge in [0.05, 0.1) is 15.8 Å². The Morgan fingerprint density at radius 2 is 1.68 bits per heavy atom. The number of nitrogens with one attached hydrogen (secondary N) is 1. The van der Waals surface area contributed by atoms with E-state index in [1.165, 1.54) is 29.8 Å². The minimum atomic E-state index is -3.87. The maximum atomic E-state index is 13.1. The SMILES string of the molecule is Cn1c(=O)n(CC(=O)N2CCCCCC2)c(=O)c2cc(S(=O)(=O)NC(C)(C)C)ccc21. The van der Waals surface area contributed by atoms with E-state index in [1.54, 1.807) is 25.7 Å². The molecule has 1 aromatic carbocycles. The van der Waals surface area contributed by atoms with Crippen LogP contribution in [0.4, 0.5) is 0 Å². The quantitative estimate of drug-likeness (QED) is 0.752. The second-order valence-electron chi connectivity index (χ2n) is 9.06. The van der Waals surface area contributed by atoms with Crippen LogP contribution in [0.3, 0.4) is 0 Å². The molecule has 1 fully saturated rings. The molecule has 1 amide bonds. The lowest BCUT2D eigenvalue weighted by Gasteiger charge is -2.21. The van der Waals surface area contributed by atoms with Crippen molar-refractivity contribution in [3.63, 3.8) is 0 Å². The molecule has 0 bridgehead atoms. The van der Waals surface area contributed by atoms with Crippen LogP contribution < -0.4 is 16.0 Å². The Hall–Kier alpha value is -2.46. The molecule has 0 atom stereocenters. The van der Waals surface area contributed by atoms with Crippen LogP contribution in [-0.2, 0) is 28.4 Å². The third-order valence-electron chi connectivity index (χ3n) is 5.33. The van der Waals surface area contributed by atoms with Crippen LogP contribution in [0, 0.1) is 0 Å². The number of sulfonamides is 1. The minimum Gasteiger partial charge on any atom is -0.341 e. The standard InChI is InChI=1S/C21H30N4O5S/c1-21(2,3)22-31(29,30)15-9-10-17-16(13-15)19(27)25(20(28)23(17)4)14-18(26)24-11-7-5-6-8-12-24/h9-10,13,22H,5-8,11-12,14H2,1-4H3. The third-order valence-corrected chi connectivity index (χ3v) is 7.08. The number of rotatable bonds is 4.